The third-order valence-corrected chi connectivity index (χ3v) is 4.04. The monoisotopic (exact) mass is 284 g/mol. The molecule has 3 rings (SSSR count). The molecule has 110 valence electrons. The first-order valence-electron chi connectivity index (χ1n) is 7.36. The van der Waals surface area contributed by atoms with E-state index in [4.69, 9.17) is 9.84 Å². The Morgan fingerprint density at radius 2 is 1.86 bits per heavy atom. The van der Waals surface area contributed by atoms with E-state index in [2.05, 4.69) is 12.1 Å². The van der Waals surface area contributed by atoms with Gasteiger partial charge < -0.3 is 14.9 Å². The summed E-state index contributed by atoms with van der Waals surface area (Å²) in [5.41, 5.74) is 3.10. The third kappa shape index (κ3) is 3.09. The molecular weight excluding hydrogens is 264 g/mol. The highest BCUT2D eigenvalue weighted by atomic mass is 16.5. The van der Waals surface area contributed by atoms with E-state index in [9.17, 15) is 5.11 Å². The highest BCUT2D eigenvalue weighted by Gasteiger charge is 2.29. The van der Waals surface area contributed by atoms with Gasteiger partial charge in [-0.05, 0) is 30.0 Å². The van der Waals surface area contributed by atoms with Crippen LogP contribution in [0.15, 0.2) is 48.5 Å². The number of hydrogen-bond acceptors (Lipinski definition) is 3. The van der Waals surface area contributed by atoms with E-state index in [0.717, 1.165) is 23.3 Å². The van der Waals surface area contributed by atoms with Crippen LogP contribution in [0.1, 0.15) is 22.8 Å². The summed E-state index contributed by atoms with van der Waals surface area (Å²) >= 11 is 0. The second-order valence-electron chi connectivity index (χ2n) is 5.55. The maximum Gasteiger partial charge on any atom is 0.125 e. The van der Waals surface area contributed by atoms with Crippen LogP contribution in [-0.4, -0.2) is 23.4 Å². The molecule has 0 amide bonds. The largest absolute Gasteiger partial charge is 0.493 e. The number of aliphatic hydroxyl groups excluding tert-OH is 2. The zero-order chi connectivity index (χ0) is 14.7. The van der Waals surface area contributed by atoms with Gasteiger partial charge >= 0.3 is 0 Å². The summed E-state index contributed by atoms with van der Waals surface area (Å²) in [6.07, 6.45) is 0.914. The van der Waals surface area contributed by atoms with Gasteiger partial charge in [-0.1, -0.05) is 42.5 Å². The van der Waals surface area contributed by atoms with Crippen molar-refractivity contribution in [2.45, 2.75) is 18.9 Å². The second kappa shape index (κ2) is 6.29. The van der Waals surface area contributed by atoms with E-state index in [1.165, 1.54) is 5.56 Å². The van der Waals surface area contributed by atoms with Crippen LogP contribution >= 0.6 is 0 Å². The van der Waals surface area contributed by atoms with E-state index >= 15 is 0 Å². The quantitative estimate of drug-likeness (QED) is 0.907. The molecular formula is C18H20O3. The van der Waals surface area contributed by atoms with Crippen LogP contribution in [0, 0.1) is 5.92 Å². The molecule has 0 saturated carbocycles. The van der Waals surface area contributed by atoms with E-state index in [-0.39, 0.29) is 12.5 Å². The van der Waals surface area contributed by atoms with Crippen LogP contribution in [0.5, 0.6) is 5.75 Å². The Kier molecular flexibility index (Phi) is 4.23. The molecule has 0 spiro atoms. The van der Waals surface area contributed by atoms with E-state index in [0.29, 0.717) is 13.0 Å². The van der Waals surface area contributed by atoms with Crippen molar-refractivity contribution in [2.75, 3.05) is 13.2 Å². The Hall–Kier alpha value is -1.84. The summed E-state index contributed by atoms with van der Waals surface area (Å²) in [6.45, 7) is 0.642. The maximum atomic E-state index is 10.6. The summed E-state index contributed by atoms with van der Waals surface area (Å²) in [7, 11) is 0. The molecule has 0 saturated heterocycles. The molecule has 1 aliphatic heterocycles. The molecule has 2 atom stereocenters. The number of rotatable bonds is 4. The van der Waals surface area contributed by atoms with Gasteiger partial charge in [-0.25, -0.2) is 0 Å². The smallest absolute Gasteiger partial charge is 0.125 e. The normalized spacial score (nSPS) is 20.7. The Morgan fingerprint density at radius 1 is 1.05 bits per heavy atom. The van der Waals surface area contributed by atoms with Crippen molar-refractivity contribution in [2.24, 2.45) is 5.92 Å². The van der Waals surface area contributed by atoms with Gasteiger partial charge in [0.25, 0.3) is 0 Å². The zero-order valence-electron chi connectivity index (χ0n) is 11.9. The minimum atomic E-state index is -0.503. The molecule has 3 heteroatoms. The van der Waals surface area contributed by atoms with Crippen molar-refractivity contribution in [3.8, 4) is 5.75 Å². The second-order valence-corrected chi connectivity index (χ2v) is 5.55. The van der Waals surface area contributed by atoms with Crippen LogP contribution in [-0.2, 0) is 12.8 Å². The summed E-state index contributed by atoms with van der Waals surface area (Å²) < 4.78 is 5.82. The molecule has 0 aliphatic carbocycles. The summed E-state index contributed by atoms with van der Waals surface area (Å²) in [5, 5.41) is 19.6. The average Bonchev–Trinajstić information content (AvgIpc) is 2.52. The number of benzene rings is 2. The van der Waals surface area contributed by atoms with Crippen molar-refractivity contribution in [3.63, 3.8) is 0 Å². The minimum absolute atomic E-state index is 0.0728. The topological polar surface area (TPSA) is 49.7 Å². The van der Waals surface area contributed by atoms with Gasteiger partial charge in [0.05, 0.1) is 12.7 Å². The molecule has 2 aromatic carbocycles. The molecule has 3 nitrogen and oxygen atoms in total. The third-order valence-electron chi connectivity index (χ3n) is 4.04. The van der Waals surface area contributed by atoms with Crippen molar-refractivity contribution in [1.82, 2.24) is 0 Å². The van der Waals surface area contributed by atoms with Crippen molar-refractivity contribution in [1.29, 1.82) is 0 Å². The Morgan fingerprint density at radius 3 is 2.62 bits per heavy atom. The van der Waals surface area contributed by atoms with Crippen LogP contribution in [0.4, 0.5) is 0 Å². The summed E-state index contributed by atoms with van der Waals surface area (Å²) in [6, 6.07) is 16.0. The SMILES string of the molecule is OCCc1ccc2c(c1)OC[C@@H](Cc1ccccc1)[C@@H]2O. The van der Waals surface area contributed by atoms with Crippen LogP contribution in [0.25, 0.3) is 0 Å². The van der Waals surface area contributed by atoms with Gasteiger partial charge in [-0.15, -0.1) is 0 Å². The molecule has 1 aliphatic rings. The fraction of sp³-hybridized carbons (Fsp3) is 0.333. The summed E-state index contributed by atoms with van der Waals surface area (Å²) in [4.78, 5) is 0. The Bertz CT molecular complexity index is 595. The predicted molar refractivity (Wildman–Crippen MR) is 81.3 cm³/mol. The first kappa shape index (κ1) is 14.1. The molecule has 1 heterocycles. The fourth-order valence-electron chi connectivity index (χ4n) is 2.86. The van der Waals surface area contributed by atoms with E-state index in [1.807, 2.05) is 36.4 Å². The lowest BCUT2D eigenvalue weighted by Gasteiger charge is -2.30. The molecule has 2 aromatic rings. The lowest BCUT2D eigenvalue weighted by Crippen LogP contribution is -2.27. The van der Waals surface area contributed by atoms with Gasteiger partial charge in [-0.3, -0.25) is 0 Å². The predicted octanol–water partition coefficient (Wildman–Crippen LogP) is 2.51. The van der Waals surface area contributed by atoms with Crippen LogP contribution in [0.2, 0.25) is 0 Å². The Labute approximate surface area is 124 Å². The zero-order valence-corrected chi connectivity index (χ0v) is 11.9. The van der Waals surface area contributed by atoms with Gasteiger partial charge in [0.2, 0.25) is 0 Å². The summed E-state index contributed by atoms with van der Waals surface area (Å²) in [5.74, 6) is 0.821. The van der Waals surface area contributed by atoms with Gasteiger partial charge in [0.15, 0.2) is 0 Å². The van der Waals surface area contributed by atoms with Crippen molar-refractivity contribution >= 4 is 0 Å². The van der Waals surface area contributed by atoms with Crippen LogP contribution < -0.4 is 4.74 Å². The number of ether oxygens (including phenoxy) is 1. The molecule has 0 aromatic heterocycles. The molecule has 2 N–H and O–H groups in total. The van der Waals surface area contributed by atoms with E-state index in [1.54, 1.807) is 0 Å². The van der Waals surface area contributed by atoms with Crippen molar-refractivity contribution in [3.05, 3.63) is 65.2 Å². The maximum absolute atomic E-state index is 10.6. The average molecular weight is 284 g/mol. The molecule has 0 unspecified atom stereocenters. The number of hydrogen-bond donors (Lipinski definition) is 2. The Balaban J connectivity index is 1.77. The molecule has 0 bridgehead atoms. The highest BCUT2D eigenvalue weighted by molar-refractivity contribution is 5.41. The molecule has 21 heavy (non-hydrogen) atoms. The number of aliphatic hydroxyl groups is 2. The van der Waals surface area contributed by atoms with Gasteiger partial charge in [-0.2, -0.15) is 0 Å². The van der Waals surface area contributed by atoms with E-state index < -0.39 is 6.10 Å². The lowest BCUT2D eigenvalue weighted by molar-refractivity contribution is 0.0507. The number of fused-ring (bicyclic) bond motifs is 1. The lowest BCUT2D eigenvalue weighted by atomic mass is 9.87. The highest BCUT2D eigenvalue weighted by Crippen LogP contribution is 2.37. The fourth-order valence-corrected chi connectivity index (χ4v) is 2.86. The first-order chi connectivity index (χ1) is 10.3. The minimum Gasteiger partial charge on any atom is -0.493 e. The standard InChI is InChI=1S/C18H20O3/c19-9-8-14-6-7-16-17(11-14)21-12-15(18(16)20)10-13-4-2-1-3-5-13/h1-7,11,15,18-20H,8-10,12H2/t15-,18+/m1/s1. The van der Waals surface area contributed by atoms with Gasteiger partial charge in [0.1, 0.15) is 5.75 Å². The van der Waals surface area contributed by atoms with Gasteiger partial charge in [0, 0.05) is 18.1 Å². The molecule has 0 fully saturated rings. The van der Waals surface area contributed by atoms with Crippen LogP contribution in [0.3, 0.4) is 0 Å². The van der Waals surface area contributed by atoms with Crippen molar-refractivity contribution < 1.29 is 14.9 Å². The molecule has 0 radical (unpaired) electrons. The first-order valence-corrected chi connectivity index (χ1v) is 7.36.